The van der Waals surface area contributed by atoms with Crippen molar-refractivity contribution in [1.82, 2.24) is 25.2 Å². The molecule has 1 amide bonds. The van der Waals surface area contributed by atoms with Gasteiger partial charge in [-0.05, 0) is 37.1 Å². The van der Waals surface area contributed by atoms with E-state index in [9.17, 15) is 26.7 Å². The average molecular weight is 565 g/mol. The SMILES string of the molecule is O=C(NCC(c1cnc(C(F)(F)F)nc1)N1CCC(F)(F)CC1)c1cccc2nc(NC3CCOCC3)ccc12. The van der Waals surface area contributed by atoms with Gasteiger partial charge in [-0.15, -0.1) is 0 Å². The van der Waals surface area contributed by atoms with E-state index in [0.717, 1.165) is 25.2 Å². The van der Waals surface area contributed by atoms with E-state index in [1.54, 1.807) is 23.1 Å². The molecule has 2 aliphatic rings. The number of nitrogens with zero attached hydrogens (tertiary/aromatic N) is 4. The van der Waals surface area contributed by atoms with Crippen molar-refractivity contribution >= 4 is 22.6 Å². The first-order valence-electron chi connectivity index (χ1n) is 13.1. The number of benzene rings is 1. The zero-order chi connectivity index (χ0) is 28.3. The number of pyridine rings is 1. The van der Waals surface area contributed by atoms with Crippen molar-refractivity contribution in [3.8, 4) is 0 Å². The van der Waals surface area contributed by atoms with Crippen LogP contribution in [0, 0.1) is 0 Å². The summed E-state index contributed by atoms with van der Waals surface area (Å²) in [6, 6.07) is 8.37. The van der Waals surface area contributed by atoms with Crippen LogP contribution < -0.4 is 10.6 Å². The van der Waals surface area contributed by atoms with E-state index in [4.69, 9.17) is 4.74 Å². The second-order valence-electron chi connectivity index (χ2n) is 10.1. The van der Waals surface area contributed by atoms with Crippen molar-refractivity contribution in [3.63, 3.8) is 0 Å². The number of nitrogens with one attached hydrogen (secondary N) is 2. The van der Waals surface area contributed by atoms with E-state index in [-0.39, 0.29) is 25.7 Å². The number of alkyl halides is 5. The predicted molar refractivity (Wildman–Crippen MR) is 137 cm³/mol. The maximum Gasteiger partial charge on any atom is 0.451 e. The summed E-state index contributed by atoms with van der Waals surface area (Å²) in [5, 5.41) is 6.86. The molecule has 0 saturated carbocycles. The third kappa shape index (κ3) is 6.64. The molecule has 4 heterocycles. The number of hydrogen-bond acceptors (Lipinski definition) is 7. The lowest BCUT2D eigenvalue weighted by molar-refractivity contribution is -0.145. The zero-order valence-electron chi connectivity index (χ0n) is 21.6. The molecular weight excluding hydrogens is 535 g/mol. The molecule has 0 spiro atoms. The number of aromatic nitrogens is 3. The van der Waals surface area contributed by atoms with Crippen molar-refractivity contribution in [2.75, 3.05) is 38.2 Å². The minimum Gasteiger partial charge on any atom is -0.381 e. The van der Waals surface area contributed by atoms with Crippen LogP contribution in [0.2, 0.25) is 0 Å². The number of amides is 1. The van der Waals surface area contributed by atoms with Gasteiger partial charge in [-0.2, -0.15) is 13.2 Å². The van der Waals surface area contributed by atoms with Crippen LogP contribution in [0.5, 0.6) is 0 Å². The predicted octanol–water partition coefficient (Wildman–Crippen LogP) is 4.84. The van der Waals surface area contributed by atoms with Gasteiger partial charge in [-0.3, -0.25) is 9.69 Å². The van der Waals surface area contributed by atoms with Gasteiger partial charge in [-0.1, -0.05) is 6.07 Å². The lowest BCUT2D eigenvalue weighted by Crippen LogP contribution is -2.45. The van der Waals surface area contributed by atoms with Gasteiger partial charge in [0.1, 0.15) is 5.82 Å². The smallest absolute Gasteiger partial charge is 0.381 e. The quantitative estimate of drug-likeness (QED) is 0.397. The van der Waals surface area contributed by atoms with Crippen LogP contribution in [0.1, 0.15) is 53.5 Å². The van der Waals surface area contributed by atoms with Crippen molar-refractivity contribution in [2.45, 2.75) is 49.9 Å². The van der Waals surface area contributed by atoms with E-state index in [1.807, 2.05) is 12.1 Å². The highest BCUT2D eigenvalue weighted by Crippen LogP contribution is 2.33. The second kappa shape index (κ2) is 11.6. The Morgan fingerprint density at radius 3 is 2.45 bits per heavy atom. The summed E-state index contributed by atoms with van der Waals surface area (Å²) in [6.07, 6.45) is -1.67. The fraction of sp³-hybridized carbons (Fsp3) is 0.481. The maximum atomic E-state index is 13.8. The molecule has 1 unspecified atom stereocenters. The summed E-state index contributed by atoms with van der Waals surface area (Å²) >= 11 is 0. The number of rotatable bonds is 7. The molecule has 2 N–H and O–H groups in total. The Kier molecular flexibility index (Phi) is 8.13. The number of hydrogen-bond donors (Lipinski definition) is 2. The zero-order valence-corrected chi connectivity index (χ0v) is 21.6. The minimum atomic E-state index is -4.71. The molecule has 2 saturated heterocycles. The molecule has 1 atom stereocenters. The first kappa shape index (κ1) is 28.1. The third-order valence-corrected chi connectivity index (χ3v) is 7.29. The molecule has 40 heavy (non-hydrogen) atoms. The molecule has 0 bridgehead atoms. The normalized spacial score (nSPS) is 19.3. The van der Waals surface area contributed by atoms with Crippen LogP contribution in [0.25, 0.3) is 10.9 Å². The highest BCUT2D eigenvalue weighted by Gasteiger charge is 2.38. The Morgan fingerprint density at radius 1 is 1.07 bits per heavy atom. The molecule has 214 valence electrons. The first-order chi connectivity index (χ1) is 19.1. The highest BCUT2D eigenvalue weighted by atomic mass is 19.4. The summed E-state index contributed by atoms with van der Waals surface area (Å²) in [4.78, 5) is 26.5. The summed E-state index contributed by atoms with van der Waals surface area (Å²) in [7, 11) is 0. The van der Waals surface area contributed by atoms with E-state index in [2.05, 4.69) is 25.6 Å². The van der Waals surface area contributed by atoms with Gasteiger partial charge in [0, 0.05) is 80.6 Å². The van der Waals surface area contributed by atoms with Crippen LogP contribution in [0.4, 0.5) is 27.8 Å². The first-order valence-corrected chi connectivity index (χ1v) is 13.1. The molecule has 2 fully saturated rings. The Labute approximate surface area is 227 Å². The number of halogens is 5. The number of likely N-dealkylation sites (tertiary alicyclic amines) is 1. The second-order valence-corrected chi connectivity index (χ2v) is 10.1. The molecule has 2 aromatic heterocycles. The topological polar surface area (TPSA) is 92.3 Å². The summed E-state index contributed by atoms with van der Waals surface area (Å²) in [6.45, 7) is 1.36. The molecule has 8 nitrogen and oxygen atoms in total. The Balaban J connectivity index is 1.33. The van der Waals surface area contributed by atoms with Crippen LogP contribution in [0.15, 0.2) is 42.7 Å². The van der Waals surface area contributed by atoms with E-state index in [1.165, 1.54) is 0 Å². The van der Waals surface area contributed by atoms with Crippen molar-refractivity contribution in [3.05, 3.63) is 59.7 Å². The summed E-state index contributed by atoms with van der Waals surface area (Å²) in [5.74, 6) is -3.83. The molecule has 13 heteroatoms. The van der Waals surface area contributed by atoms with E-state index < -0.39 is 42.7 Å². The number of ether oxygens (including phenoxy) is 1. The Morgan fingerprint density at radius 2 is 1.77 bits per heavy atom. The molecule has 1 aromatic carbocycles. The number of carbonyl (C=O) groups is 1. The van der Waals surface area contributed by atoms with Crippen LogP contribution >= 0.6 is 0 Å². The monoisotopic (exact) mass is 564 g/mol. The van der Waals surface area contributed by atoms with Gasteiger partial charge in [0.05, 0.1) is 11.6 Å². The molecule has 5 rings (SSSR count). The molecule has 3 aromatic rings. The molecule has 2 aliphatic heterocycles. The minimum absolute atomic E-state index is 0.00957. The number of piperidine rings is 1. The van der Waals surface area contributed by atoms with Gasteiger partial charge in [0.25, 0.3) is 11.8 Å². The molecule has 0 aliphatic carbocycles. The lowest BCUT2D eigenvalue weighted by Gasteiger charge is -2.37. The van der Waals surface area contributed by atoms with Gasteiger partial charge < -0.3 is 15.4 Å². The summed E-state index contributed by atoms with van der Waals surface area (Å²) < 4.78 is 72.0. The Bertz CT molecular complexity index is 1320. The fourth-order valence-corrected chi connectivity index (χ4v) is 5.05. The number of anilines is 1. The van der Waals surface area contributed by atoms with Crippen molar-refractivity contribution in [1.29, 1.82) is 0 Å². The fourth-order valence-electron chi connectivity index (χ4n) is 5.05. The van der Waals surface area contributed by atoms with E-state index >= 15 is 0 Å². The van der Waals surface area contributed by atoms with E-state index in [0.29, 0.717) is 41.1 Å². The van der Waals surface area contributed by atoms with Crippen LogP contribution in [0.3, 0.4) is 0 Å². The lowest BCUT2D eigenvalue weighted by atomic mass is 10.0. The summed E-state index contributed by atoms with van der Waals surface area (Å²) in [5.41, 5.74) is 1.29. The van der Waals surface area contributed by atoms with Crippen LogP contribution in [-0.4, -0.2) is 70.6 Å². The molecular formula is C27H29F5N6O2. The van der Waals surface area contributed by atoms with Crippen LogP contribution in [-0.2, 0) is 10.9 Å². The standard InChI is InChI=1S/C27H29F5N6O2/c28-26(29)8-10-38(11-9-26)22(17-14-34-25(35-15-17)27(30,31)32)16-33-24(39)20-2-1-3-21-19(20)4-5-23(37-21)36-18-6-12-40-13-7-18/h1-5,14-15,18,22H,6-13,16H2,(H,33,39)(H,36,37). The average Bonchev–Trinajstić information content (AvgIpc) is 2.93. The van der Waals surface area contributed by atoms with Gasteiger partial charge >= 0.3 is 6.18 Å². The number of fused-ring (bicyclic) bond motifs is 1. The van der Waals surface area contributed by atoms with Gasteiger partial charge in [0.2, 0.25) is 5.82 Å². The highest BCUT2D eigenvalue weighted by molar-refractivity contribution is 6.06. The largest absolute Gasteiger partial charge is 0.451 e. The maximum absolute atomic E-state index is 13.8. The van der Waals surface area contributed by atoms with Gasteiger partial charge in [-0.25, -0.2) is 23.7 Å². The molecule has 0 radical (unpaired) electrons. The van der Waals surface area contributed by atoms with Crippen molar-refractivity contribution in [2.24, 2.45) is 0 Å². The van der Waals surface area contributed by atoms with Crippen molar-refractivity contribution < 1.29 is 31.5 Å². The van der Waals surface area contributed by atoms with Gasteiger partial charge in [0.15, 0.2) is 0 Å². The number of carbonyl (C=O) groups excluding carboxylic acids is 1. The Hall–Kier alpha value is -3.45. The third-order valence-electron chi connectivity index (χ3n) is 7.29.